The Kier molecular flexibility index (Phi) is 3.72. The molecule has 0 aromatic carbocycles. The number of rotatable bonds is 2. The van der Waals surface area contributed by atoms with Gasteiger partial charge in [-0.25, -0.2) is 0 Å². The SMILES string of the molecule is CC1CC(CN2C[C@H]3CCCC[C@H]3C2)CCN1. The number of hydrogen-bond acceptors (Lipinski definition) is 2. The lowest BCUT2D eigenvalue weighted by atomic mass is 9.82. The van der Waals surface area contributed by atoms with E-state index in [0.29, 0.717) is 0 Å². The Morgan fingerprint density at radius 1 is 1.06 bits per heavy atom. The van der Waals surface area contributed by atoms with Crippen LogP contribution < -0.4 is 5.32 Å². The van der Waals surface area contributed by atoms with Crippen LogP contribution >= 0.6 is 0 Å². The normalized spacial score (nSPS) is 43.6. The van der Waals surface area contributed by atoms with E-state index in [1.54, 1.807) is 0 Å². The lowest BCUT2D eigenvalue weighted by Gasteiger charge is -2.31. The first-order valence-corrected chi connectivity index (χ1v) is 7.77. The Balaban J connectivity index is 1.49. The lowest BCUT2D eigenvalue weighted by molar-refractivity contribution is 0.213. The maximum absolute atomic E-state index is 3.57. The van der Waals surface area contributed by atoms with Crippen molar-refractivity contribution in [2.75, 3.05) is 26.2 Å². The van der Waals surface area contributed by atoms with Crippen molar-refractivity contribution in [1.82, 2.24) is 10.2 Å². The Labute approximate surface area is 106 Å². The predicted molar refractivity (Wildman–Crippen MR) is 72.1 cm³/mol. The van der Waals surface area contributed by atoms with E-state index in [4.69, 9.17) is 0 Å². The molecule has 3 fully saturated rings. The summed E-state index contributed by atoms with van der Waals surface area (Å²) in [6.45, 7) is 7.81. The number of nitrogens with one attached hydrogen (secondary N) is 1. The lowest BCUT2D eigenvalue weighted by Crippen LogP contribution is -2.40. The number of nitrogens with zero attached hydrogens (tertiary/aromatic N) is 1. The summed E-state index contributed by atoms with van der Waals surface area (Å²) in [7, 11) is 0. The molecule has 4 atom stereocenters. The van der Waals surface area contributed by atoms with Gasteiger partial charge < -0.3 is 10.2 Å². The molecule has 98 valence electrons. The molecule has 2 unspecified atom stereocenters. The van der Waals surface area contributed by atoms with Crippen molar-refractivity contribution < 1.29 is 0 Å². The van der Waals surface area contributed by atoms with Crippen molar-refractivity contribution in [2.45, 2.75) is 51.5 Å². The monoisotopic (exact) mass is 236 g/mol. The molecule has 3 rings (SSSR count). The van der Waals surface area contributed by atoms with Crippen LogP contribution in [0.15, 0.2) is 0 Å². The summed E-state index contributed by atoms with van der Waals surface area (Å²) in [5, 5.41) is 3.57. The van der Waals surface area contributed by atoms with Gasteiger partial charge in [-0.3, -0.25) is 0 Å². The van der Waals surface area contributed by atoms with Crippen LogP contribution in [0.25, 0.3) is 0 Å². The molecule has 0 amide bonds. The number of hydrogen-bond donors (Lipinski definition) is 1. The molecule has 1 aliphatic carbocycles. The Morgan fingerprint density at radius 3 is 2.41 bits per heavy atom. The minimum atomic E-state index is 0.749. The average Bonchev–Trinajstić information content (AvgIpc) is 2.71. The third kappa shape index (κ3) is 2.85. The molecule has 3 aliphatic rings. The molecule has 2 heterocycles. The second-order valence-corrected chi connectivity index (χ2v) is 6.77. The van der Waals surface area contributed by atoms with Gasteiger partial charge in [-0.1, -0.05) is 12.8 Å². The zero-order valence-corrected chi connectivity index (χ0v) is 11.3. The summed E-state index contributed by atoms with van der Waals surface area (Å²) >= 11 is 0. The fourth-order valence-corrected chi connectivity index (χ4v) is 4.42. The van der Waals surface area contributed by atoms with E-state index in [0.717, 1.165) is 23.8 Å². The molecule has 17 heavy (non-hydrogen) atoms. The van der Waals surface area contributed by atoms with Crippen molar-refractivity contribution in [3.05, 3.63) is 0 Å². The predicted octanol–water partition coefficient (Wildman–Crippen LogP) is 2.50. The van der Waals surface area contributed by atoms with E-state index < -0.39 is 0 Å². The molecule has 2 saturated heterocycles. The van der Waals surface area contributed by atoms with Crippen molar-refractivity contribution in [3.8, 4) is 0 Å². The van der Waals surface area contributed by atoms with Gasteiger partial charge in [-0.2, -0.15) is 0 Å². The van der Waals surface area contributed by atoms with Crippen LogP contribution in [-0.2, 0) is 0 Å². The van der Waals surface area contributed by atoms with E-state index in [1.165, 1.54) is 64.7 Å². The van der Waals surface area contributed by atoms with Crippen LogP contribution in [0.1, 0.15) is 45.4 Å². The second-order valence-electron chi connectivity index (χ2n) is 6.77. The van der Waals surface area contributed by atoms with Gasteiger partial charge in [0.1, 0.15) is 0 Å². The maximum Gasteiger partial charge on any atom is 0.00418 e. The third-order valence-electron chi connectivity index (χ3n) is 5.30. The van der Waals surface area contributed by atoms with Crippen molar-refractivity contribution in [1.29, 1.82) is 0 Å². The summed E-state index contributed by atoms with van der Waals surface area (Å²) in [5.41, 5.74) is 0. The molecule has 1 N–H and O–H groups in total. The minimum Gasteiger partial charge on any atom is -0.314 e. The van der Waals surface area contributed by atoms with Gasteiger partial charge >= 0.3 is 0 Å². The second kappa shape index (κ2) is 5.27. The summed E-state index contributed by atoms with van der Waals surface area (Å²) in [5.74, 6) is 3.08. The first-order chi connectivity index (χ1) is 8.31. The Morgan fingerprint density at radius 2 is 1.76 bits per heavy atom. The van der Waals surface area contributed by atoms with E-state index in [-0.39, 0.29) is 0 Å². The molecule has 2 nitrogen and oxygen atoms in total. The fourth-order valence-electron chi connectivity index (χ4n) is 4.42. The minimum absolute atomic E-state index is 0.749. The smallest absolute Gasteiger partial charge is 0.00418 e. The van der Waals surface area contributed by atoms with E-state index >= 15 is 0 Å². The fraction of sp³-hybridized carbons (Fsp3) is 1.00. The van der Waals surface area contributed by atoms with Crippen LogP contribution in [0.5, 0.6) is 0 Å². The summed E-state index contributed by atoms with van der Waals surface area (Å²) in [4.78, 5) is 2.80. The van der Waals surface area contributed by atoms with Crippen LogP contribution in [0.4, 0.5) is 0 Å². The van der Waals surface area contributed by atoms with E-state index in [2.05, 4.69) is 17.1 Å². The van der Waals surface area contributed by atoms with Gasteiger partial charge in [-0.15, -0.1) is 0 Å². The molecule has 0 radical (unpaired) electrons. The highest BCUT2D eigenvalue weighted by atomic mass is 15.2. The van der Waals surface area contributed by atoms with Crippen LogP contribution in [0, 0.1) is 17.8 Å². The van der Waals surface area contributed by atoms with Crippen molar-refractivity contribution in [2.24, 2.45) is 17.8 Å². The average molecular weight is 236 g/mol. The van der Waals surface area contributed by atoms with Gasteiger partial charge in [0.05, 0.1) is 0 Å². The van der Waals surface area contributed by atoms with Gasteiger partial charge in [0, 0.05) is 25.7 Å². The van der Waals surface area contributed by atoms with Gasteiger partial charge in [0.2, 0.25) is 0 Å². The summed E-state index contributed by atoms with van der Waals surface area (Å²) in [6, 6.07) is 0.749. The van der Waals surface area contributed by atoms with E-state index in [9.17, 15) is 0 Å². The first-order valence-electron chi connectivity index (χ1n) is 7.77. The highest BCUT2D eigenvalue weighted by Crippen LogP contribution is 2.36. The molecule has 0 aromatic rings. The van der Waals surface area contributed by atoms with Gasteiger partial charge in [0.25, 0.3) is 0 Å². The van der Waals surface area contributed by atoms with Crippen molar-refractivity contribution in [3.63, 3.8) is 0 Å². The quantitative estimate of drug-likeness (QED) is 0.792. The van der Waals surface area contributed by atoms with Crippen LogP contribution in [-0.4, -0.2) is 37.1 Å². The van der Waals surface area contributed by atoms with Gasteiger partial charge in [0.15, 0.2) is 0 Å². The van der Waals surface area contributed by atoms with E-state index in [1.807, 2.05) is 0 Å². The third-order valence-corrected chi connectivity index (χ3v) is 5.30. The maximum atomic E-state index is 3.57. The summed E-state index contributed by atoms with van der Waals surface area (Å²) in [6.07, 6.45) is 8.83. The number of likely N-dealkylation sites (tertiary alicyclic amines) is 1. The topological polar surface area (TPSA) is 15.3 Å². The molecular formula is C15H28N2. The van der Waals surface area contributed by atoms with Gasteiger partial charge in [-0.05, 0) is 56.9 Å². The molecule has 0 bridgehead atoms. The molecule has 2 aliphatic heterocycles. The largest absolute Gasteiger partial charge is 0.314 e. The summed E-state index contributed by atoms with van der Waals surface area (Å²) < 4.78 is 0. The van der Waals surface area contributed by atoms with Crippen LogP contribution in [0.2, 0.25) is 0 Å². The van der Waals surface area contributed by atoms with Crippen LogP contribution in [0.3, 0.4) is 0 Å². The Hall–Kier alpha value is -0.0800. The van der Waals surface area contributed by atoms with Crippen molar-refractivity contribution >= 4 is 0 Å². The Bertz CT molecular complexity index is 239. The molecule has 0 aromatic heterocycles. The zero-order valence-electron chi connectivity index (χ0n) is 11.3. The molecule has 2 heteroatoms. The highest BCUT2D eigenvalue weighted by molar-refractivity contribution is 4.88. The number of piperidine rings is 1. The standard InChI is InChI=1S/C15H28N2/c1-12-8-13(6-7-16-12)9-17-10-14-4-2-3-5-15(14)11-17/h12-16H,2-11H2,1H3/t12?,13?,14-,15+. The number of fused-ring (bicyclic) bond motifs is 1. The molecular weight excluding hydrogens is 208 g/mol. The first kappa shape index (κ1) is 12.0. The molecule has 1 saturated carbocycles. The molecule has 0 spiro atoms. The zero-order chi connectivity index (χ0) is 11.7. The highest BCUT2D eigenvalue weighted by Gasteiger charge is 2.35.